The van der Waals surface area contributed by atoms with Gasteiger partial charge in [-0.2, -0.15) is 0 Å². The number of halogens is 2. The molecule has 1 unspecified atom stereocenters. The van der Waals surface area contributed by atoms with Gasteiger partial charge in [-0.3, -0.25) is 4.79 Å². The number of amides is 1. The van der Waals surface area contributed by atoms with E-state index in [1.807, 2.05) is 32.0 Å². The summed E-state index contributed by atoms with van der Waals surface area (Å²) in [7, 11) is 1.60. The number of nitrogens with zero attached hydrogens (tertiary/aromatic N) is 1. The number of carbonyl (C=O) groups is 1. The number of methoxy groups -OCH3 is 1. The first-order valence-corrected chi connectivity index (χ1v) is 8.37. The van der Waals surface area contributed by atoms with Gasteiger partial charge in [0.25, 0.3) is 0 Å². The van der Waals surface area contributed by atoms with Gasteiger partial charge in [-0.25, -0.2) is 4.98 Å². The van der Waals surface area contributed by atoms with Crippen LogP contribution in [-0.2, 0) is 4.79 Å². The molecule has 2 N–H and O–H groups in total. The number of aromatic nitrogens is 1. The number of anilines is 1. The smallest absolute Gasteiger partial charge is 0.227 e. The zero-order valence-electron chi connectivity index (χ0n) is 15.5. The van der Waals surface area contributed by atoms with Crippen LogP contribution in [0.4, 0.5) is 5.69 Å². The third kappa shape index (κ3) is 5.73. The highest BCUT2D eigenvalue weighted by atomic mass is 35.5. The maximum absolute atomic E-state index is 12.2. The van der Waals surface area contributed by atoms with Crippen molar-refractivity contribution in [2.45, 2.75) is 13.8 Å². The Bertz CT molecular complexity index is 752. The second-order valence-electron chi connectivity index (χ2n) is 6.34. The second kappa shape index (κ2) is 10.3. The minimum atomic E-state index is -0.0194. The third-order valence-corrected chi connectivity index (χ3v) is 4.47. The largest absolute Gasteiger partial charge is 0.493 e. The Hall–Kier alpha value is -2.02. The molecule has 1 saturated heterocycles. The molecular formula is C19H25Cl2N3O3. The lowest BCUT2D eigenvalue weighted by Gasteiger charge is -2.31. The summed E-state index contributed by atoms with van der Waals surface area (Å²) in [4.78, 5) is 16.5. The Balaban J connectivity index is 0.00000182. The topological polar surface area (TPSA) is 72.5 Å². The number of aryl methyl sites for hydroxylation is 1. The zero-order valence-corrected chi connectivity index (χ0v) is 17.2. The van der Waals surface area contributed by atoms with Gasteiger partial charge in [0, 0.05) is 12.0 Å². The third-order valence-electron chi connectivity index (χ3n) is 4.47. The maximum atomic E-state index is 12.2. The van der Waals surface area contributed by atoms with Crippen molar-refractivity contribution in [1.82, 2.24) is 10.3 Å². The van der Waals surface area contributed by atoms with E-state index in [0.717, 1.165) is 18.7 Å². The quantitative estimate of drug-likeness (QED) is 0.752. The van der Waals surface area contributed by atoms with Gasteiger partial charge >= 0.3 is 0 Å². The Morgan fingerprint density at radius 2 is 1.96 bits per heavy atom. The first kappa shape index (κ1) is 23.0. The summed E-state index contributed by atoms with van der Waals surface area (Å²) < 4.78 is 11.1. The number of pyridine rings is 1. The molecule has 1 aliphatic heterocycles. The second-order valence-corrected chi connectivity index (χ2v) is 6.34. The SMILES string of the molecule is COc1cc(C)ccc1Oc1ccc(NC(=O)C(C)C2CNC2)cn1.Cl.Cl. The lowest BCUT2D eigenvalue weighted by Crippen LogP contribution is -2.48. The average Bonchev–Trinajstić information content (AvgIpc) is 2.56. The summed E-state index contributed by atoms with van der Waals surface area (Å²) in [6.07, 6.45) is 1.60. The molecule has 27 heavy (non-hydrogen) atoms. The number of rotatable bonds is 6. The monoisotopic (exact) mass is 413 g/mol. The van der Waals surface area contributed by atoms with Crippen LogP contribution in [0.5, 0.6) is 17.4 Å². The van der Waals surface area contributed by atoms with Crippen LogP contribution in [0.15, 0.2) is 36.5 Å². The van der Waals surface area contributed by atoms with E-state index in [-0.39, 0.29) is 36.6 Å². The molecule has 2 aromatic rings. The molecule has 1 aromatic carbocycles. The summed E-state index contributed by atoms with van der Waals surface area (Å²) in [5.41, 5.74) is 1.75. The predicted molar refractivity (Wildman–Crippen MR) is 111 cm³/mol. The van der Waals surface area contributed by atoms with E-state index < -0.39 is 0 Å². The molecule has 1 aliphatic rings. The van der Waals surface area contributed by atoms with Crippen LogP contribution in [0.25, 0.3) is 0 Å². The highest BCUT2D eigenvalue weighted by Crippen LogP contribution is 2.31. The fourth-order valence-electron chi connectivity index (χ4n) is 2.62. The normalized spacial score (nSPS) is 14.0. The highest BCUT2D eigenvalue weighted by molar-refractivity contribution is 5.92. The fraction of sp³-hybridized carbons (Fsp3) is 0.368. The standard InChI is InChI=1S/C19H23N3O3.2ClH/c1-12-4-6-16(17(8-12)24-3)25-18-7-5-15(11-21-18)22-19(23)13(2)14-9-20-10-14;;/h4-8,11,13-14,20H,9-10H2,1-3H3,(H,22,23);2*1H. The van der Waals surface area contributed by atoms with Gasteiger partial charge in [-0.05, 0) is 49.7 Å². The number of hydrogen-bond donors (Lipinski definition) is 2. The van der Waals surface area contributed by atoms with Crippen LogP contribution in [0, 0.1) is 18.8 Å². The van der Waals surface area contributed by atoms with Gasteiger partial charge < -0.3 is 20.1 Å². The average molecular weight is 414 g/mol. The van der Waals surface area contributed by atoms with Gasteiger partial charge in [0.05, 0.1) is 19.0 Å². The van der Waals surface area contributed by atoms with E-state index in [1.54, 1.807) is 25.4 Å². The minimum Gasteiger partial charge on any atom is -0.493 e. The number of benzene rings is 1. The van der Waals surface area contributed by atoms with E-state index in [9.17, 15) is 4.79 Å². The van der Waals surface area contributed by atoms with Gasteiger partial charge in [0.2, 0.25) is 11.8 Å². The van der Waals surface area contributed by atoms with Crippen molar-refractivity contribution >= 4 is 36.4 Å². The molecule has 1 atom stereocenters. The molecule has 0 bridgehead atoms. The van der Waals surface area contributed by atoms with Crippen LogP contribution in [0.1, 0.15) is 12.5 Å². The molecule has 1 fully saturated rings. The van der Waals surface area contributed by atoms with Crippen molar-refractivity contribution in [3.05, 3.63) is 42.1 Å². The van der Waals surface area contributed by atoms with E-state index in [1.165, 1.54) is 0 Å². The number of hydrogen-bond acceptors (Lipinski definition) is 5. The van der Waals surface area contributed by atoms with Gasteiger partial charge in [-0.15, -0.1) is 24.8 Å². The zero-order chi connectivity index (χ0) is 17.8. The maximum Gasteiger partial charge on any atom is 0.227 e. The summed E-state index contributed by atoms with van der Waals surface area (Å²) in [6, 6.07) is 9.21. The molecule has 0 saturated carbocycles. The molecule has 0 radical (unpaired) electrons. The predicted octanol–water partition coefficient (Wildman–Crippen LogP) is 3.83. The van der Waals surface area contributed by atoms with Gasteiger partial charge in [0.15, 0.2) is 11.5 Å². The molecule has 6 nitrogen and oxygen atoms in total. The molecule has 0 spiro atoms. The molecule has 2 heterocycles. The minimum absolute atomic E-state index is 0. The molecule has 3 rings (SSSR count). The lowest BCUT2D eigenvalue weighted by atomic mass is 9.88. The summed E-state index contributed by atoms with van der Waals surface area (Å²) in [5.74, 6) is 2.10. The van der Waals surface area contributed by atoms with Crippen LogP contribution in [0.2, 0.25) is 0 Å². The first-order valence-electron chi connectivity index (χ1n) is 8.37. The summed E-state index contributed by atoms with van der Waals surface area (Å²) >= 11 is 0. The van der Waals surface area contributed by atoms with Crippen LogP contribution in [-0.4, -0.2) is 31.1 Å². The van der Waals surface area contributed by atoms with E-state index >= 15 is 0 Å². The lowest BCUT2D eigenvalue weighted by molar-refractivity contribution is -0.121. The number of carbonyl (C=O) groups excluding carboxylic acids is 1. The molecular weight excluding hydrogens is 389 g/mol. The van der Waals surface area contributed by atoms with Crippen molar-refractivity contribution in [1.29, 1.82) is 0 Å². The summed E-state index contributed by atoms with van der Waals surface area (Å²) in [5, 5.41) is 6.09. The Morgan fingerprint density at radius 3 is 2.52 bits per heavy atom. The summed E-state index contributed by atoms with van der Waals surface area (Å²) in [6.45, 7) is 5.74. The number of ether oxygens (including phenoxy) is 2. The van der Waals surface area contributed by atoms with Crippen LogP contribution < -0.4 is 20.1 Å². The van der Waals surface area contributed by atoms with Crippen molar-refractivity contribution in [3.8, 4) is 17.4 Å². The Kier molecular flexibility index (Phi) is 8.82. The fourth-order valence-corrected chi connectivity index (χ4v) is 2.62. The van der Waals surface area contributed by atoms with E-state index in [2.05, 4.69) is 15.6 Å². The first-order chi connectivity index (χ1) is 12.1. The highest BCUT2D eigenvalue weighted by Gasteiger charge is 2.28. The molecule has 148 valence electrons. The molecule has 1 amide bonds. The Morgan fingerprint density at radius 1 is 1.22 bits per heavy atom. The van der Waals surface area contributed by atoms with Gasteiger partial charge in [-0.1, -0.05) is 13.0 Å². The molecule has 1 aromatic heterocycles. The van der Waals surface area contributed by atoms with Crippen LogP contribution in [0.3, 0.4) is 0 Å². The van der Waals surface area contributed by atoms with E-state index in [4.69, 9.17) is 9.47 Å². The van der Waals surface area contributed by atoms with Crippen molar-refractivity contribution in [2.24, 2.45) is 11.8 Å². The Labute approximate surface area is 171 Å². The van der Waals surface area contributed by atoms with Crippen molar-refractivity contribution in [2.75, 3.05) is 25.5 Å². The number of nitrogens with one attached hydrogen (secondary N) is 2. The van der Waals surface area contributed by atoms with E-state index in [0.29, 0.717) is 29.0 Å². The van der Waals surface area contributed by atoms with Crippen LogP contribution >= 0.6 is 24.8 Å². The van der Waals surface area contributed by atoms with Crippen molar-refractivity contribution < 1.29 is 14.3 Å². The molecule has 8 heteroatoms. The molecule has 0 aliphatic carbocycles. The van der Waals surface area contributed by atoms with Gasteiger partial charge in [0.1, 0.15) is 0 Å². The van der Waals surface area contributed by atoms with Crippen molar-refractivity contribution in [3.63, 3.8) is 0 Å².